The summed E-state index contributed by atoms with van der Waals surface area (Å²) in [7, 11) is 0. The largest absolute Gasteiger partial charge is 0.478 e. The molecule has 0 aromatic heterocycles. The Kier molecular flexibility index (Phi) is 34.4. The van der Waals surface area contributed by atoms with Crippen molar-refractivity contribution >= 4 is 18.0 Å². The third-order valence-corrected chi connectivity index (χ3v) is 3.13. The molecule has 4 N–H and O–H groups in total. The van der Waals surface area contributed by atoms with E-state index in [2.05, 4.69) is 33.2 Å². The summed E-state index contributed by atoms with van der Waals surface area (Å²) in [5.41, 5.74) is 1.53. The van der Waals surface area contributed by atoms with Crippen LogP contribution in [-0.4, -0.2) is 45.6 Å². The summed E-state index contributed by atoms with van der Waals surface area (Å²) in [6, 6.07) is 10.0. The third-order valence-electron chi connectivity index (χ3n) is 3.13. The van der Waals surface area contributed by atoms with E-state index in [0.717, 1.165) is 0 Å². The number of benzene rings is 1. The third kappa shape index (κ3) is 41.4. The summed E-state index contributed by atoms with van der Waals surface area (Å²) in [6.45, 7) is 18.5. The zero-order valence-electron chi connectivity index (χ0n) is 19.9. The lowest BCUT2D eigenvalue weighted by atomic mass is 10.2. The summed E-state index contributed by atoms with van der Waals surface area (Å²) in [6.07, 6.45) is 10.4. The van der Waals surface area contributed by atoms with E-state index in [1.54, 1.807) is 0 Å². The number of hydrogen-bond acceptors (Lipinski definition) is 4. The molecule has 0 aliphatic rings. The fraction of sp³-hybridized carbons (Fsp3) is 0.385. The molecule has 0 heterocycles. The van der Waals surface area contributed by atoms with Gasteiger partial charge in [-0.2, -0.15) is 0 Å². The molecule has 1 rings (SSSR count). The molecule has 0 unspecified atom stereocenters. The first-order valence-electron chi connectivity index (χ1n) is 10.3. The standard InChI is InChI=1S/C8H8.C8H16.2C4H6O2.C2H6O2/c1-2-8-6-4-3-5-7-8;1-3-5-7-8-6-4-2;2*1-3(2)4(5)6;3-1-2-4/h2-7H,1H2;3H,1,4-8H2,2H3;2*1H2,2H3,(H,5,6);3-4H,1-2H2. The van der Waals surface area contributed by atoms with Crippen LogP contribution in [0.4, 0.5) is 0 Å². The number of rotatable bonds is 9. The van der Waals surface area contributed by atoms with Gasteiger partial charge in [-0.1, -0.05) is 88.4 Å². The Hall–Kier alpha value is -2.96. The number of hydrogen-bond donors (Lipinski definition) is 4. The number of aliphatic carboxylic acids is 2. The molecule has 1 aromatic rings. The maximum absolute atomic E-state index is 9.60. The van der Waals surface area contributed by atoms with Crippen LogP contribution in [0, 0.1) is 0 Å². The summed E-state index contributed by atoms with van der Waals surface area (Å²) < 4.78 is 0. The maximum atomic E-state index is 9.60. The van der Waals surface area contributed by atoms with Crippen molar-refractivity contribution in [2.75, 3.05) is 13.2 Å². The van der Waals surface area contributed by atoms with Crippen LogP contribution >= 0.6 is 0 Å². The van der Waals surface area contributed by atoms with Gasteiger partial charge in [0.1, 0.15) is 0 Å². The van der Waals surface area contributed by atoms with Gasteiger partial charge >= 0.3 is 11.9 Å². The van der Waals surface area contributed by atoms with Crippen LogP contribution in [0.5, 0.6) is 0 Å². The van der Waals surface area contributed by atoms with Gasteiger partial charge in [0.25, 0.3) is 0 Å². The Morgan fingerprint density at radius 1 is 0.844 bits per heavy atom. The zero-order chi connectivity index (χ0) is 25.8. The molecule has 6 nitrogen and oxygen atoms in total. The first-order valence-corrected chi connectivity index (χ1v) is 10.3. The van der Waals surface area contributed by atoms with E-state index in [1.165, 1.54) is 51.5 Å². The van der Waals surface area contributed by atoms with Crippen molar-refractivity contribution in [2.45, 2.75) is 52.9 Å². The molecular weight excluding hydrogens is 408 g/mol. The van der Waals surface area contributed by atoms with Crippen molar-refractivity contribution in [3.63, 3.8) is 0 Å². The molecule has 0 amide bonds. The predicted molar refractivity (Wildman–Crippen MR) is 135 cm³/mol. The molecule has 0 atom stereocenters. The first kappa shape index (κ1) is 36.4. The van der Waals surface area contributed by atoms with Gasteiger partial charge in [-0.3, -0.25) is 0 Å². The van der Waals surface area contributed by atoms with Crippen molar-refractivity contribution in [2.24, 2.45) is 0 Å². The quantitative estimate of drug-likeness (QED) is 0.217. The van der Waals surface area contributed by atoms with Gasteiger partial charge in [0.15, 0.2) is 0 Å². The van der Waals surface area contributed by atoms with Crippen LogP contribution in [0.25, 0.3) is 6.08 Å². The van der Waals surface area contributed by atoms with Gasteiger partial charge in [0.2, 0.25) is 0 Å². The van der Waals surface area contributed by atoms with Crippen LogP contribution in [0.15, 0.2) is 73.9 Å². The molecule has 6 heteroatoms. The number of unbranched alkanes of at least 4 members (excludes halogenated alkanes) is 4. The second-order valence-electron chi connectivity index (χ2n) is 6.37. The first-order chi connectivity index (χ1) is 15.0. The molecule has 0 bridgehead atoms. The number of aliphatic hydroxyl groups is 2. The van der Waals surface area contributed by atoms with E-state index in [9.17, 15) is 9.59 Å². The van der Waals surface area contributed by atoms with Gasteiger partial charge in [-0.05, 0) is 32.3 Å². The number of carbonyl (C=O) groups is 2. The van der Waals surface area contributed by atoms with Crippen LogP contribution in [0.3, 0.4) is 0 Å². The van der Waals surface area contributed by atoms with Gasteiger partial charge in [-0.25, -0.2) is 9.59 Å². The fourth-order valence-corrected chi connectivity index (χ4v) is 1.30. The monoisotopic (exact) mass is 450 g/mol. The highest BCUT2D eigenvalue weighted by atomic mass is 16.4. The predicted octanol–water partition coefficient (Wildman–Crippen LogP) is 5.74. The summed E-state index contributed by atoms with van der Waals surface area (Å²) >= 11 is 0. The molecule has 0 radical (unpaired) electrons. The molecule has 0 aliphatic carbocycles. The van der Waals surface area contributed by atoms with Gasteiger partial charge in [0, 0.05) is 11.1 Å². The lowest BCUT2D eigenvalue weighted by Gasteiger charge is -1.91. The van der Waals surface area contributed by atoms with Crippen molar-refractivity contribution < 1.29 is 30.0 Å². The minimum absolute atomic E-state index is 0.125. The van der Waals surface area contributed by atoms with E-state index in [0.29, 0.717) is 0 Å². The second kappa shape index (κ2) is 30.2. The minimum atomic E-state index is -0.935. The molecule has 0 saturated heterocycles. The smallest absolute Gasteiger partial charge is 0.330 e. The molecule has 182 valence electrons. The van der Waals surface area contributed by atoms with Gasteiger partial charge in [0.05, 0.1) is 13.2 Å². The molecule has 32 heavy (non-hydrogen) atoms. The topological polar surface area (TPSA) is 115 Å². The number of aliphatic hydroxyl groups excluding tert-OH is 2. The van der Waals surface area contributed by atoms with Crippen LogP contribution in [0.2, 0.25) is 0 Å². The number of allylic oxidation sites excluding steroid dienone is 1. The Bertz CT molecular complexity index is 570. The fourth-order valence-electron chi connectivity index (χ4n) is 1.30. The lowest BCUT2D eigenvalue weighted by Crippen LogP contribution is -1.92. The van der Waals surface area contributed by atoms with Crippen LogP contribution < -0.4 is 0 Å². The Balaban J connectivity index is -0.000000156. The van der Waals surface area contributed by atoms with Crippen LogP contribution in [-0.2, 0) is 9.59 Å². The molecule has 0 saturated carbocycles. The van der Waals surface area contributed by atoms with E-state index in [-0.39, 0.29) is 24.4 Å². The van der Waals surface area contributed by atoms with Gasteiger partial charge in [-0.15, -0.1) is 6.58 Å². The van der Waals surface area contributed by atoms with E-state index in [1.807, 2.05) is 42.5 Å². The second-order valence-corrected chi connectivity index (χ2v) is 6.37. The Morgan fingerprint density at radius 3 is 1.47 bits per heavy atom. The number of carboxylic acids is 2. The average Bonchev–Trinajstić information content (AvgIpc) is 2.78. The molecule has 0 spiro atoms. The van der Waals surface area contributed by atoms with Crippen molar-refractivity contribution in [1.82, 2.24) is 0 Å². The van der Waals surface area contributed by atoms with Crippen molar-refractivity contribution in [3.05, 3.63) is 79.4 Å². The minimum Gasteiger partial charge on any atom is -0.478 e. The highest BCUT2D eigenvalue weighted by Gasteiger charge is 1.90. The van der Waals surface area contributed by atoms with Crippen molar-refractivity contribution in [3.8, 4) is 0 Å². The Labute approximate surface area is 193 Å². The normalized spacial score (nSPS) is 8.16. The van der Waals surface area contributed by atoms with E-state index < -0.39 is 11.9 Å². The maximum Gasteiger partial charge on any atom is 0.330 e. The lowest BCUT2D eigenvalue weighted by molar-refractivity contribution is -0.133. The average molecular weight is 451 g/mol. The van der Waals surface area contributed by atoms with E-state index >= 15 is 0 Å². The van der Waals surface area contributed by atoms with Crippen LogP contribution in [0.1, 0.15) is 58.4 Å². The zero-order valence-corrected chi connectivity index (χ0v) is 19.9. The summed E-state index contributed by atoms with van der Waals surface area (Å²) in [4.78, 5) is 19.2. The number of carboxylic acid groups (broad SMARTS) is 2. The summed E-state index contributed by atoms with van der Waals surface area (Å²) in [5, 5.41) is 31.0. The SMILES string of the molecule is C=C(C)C(=O)O.C=C(C)C(=O)O.C=CCCCCCC.C=Cc1ccccc1.OCCO. The van der Waals surface area contributed by atoms with E-state index in [4.69, 9.17) is 20.4 Å². The molecule has 0 aliphatic heterocycles. The van der Waals surface area contributed by atoms with Gasteiger partial charge < -0.3 is 20.4 Å². The highest BCUT2D eigenvalue weighted by Crippen LogP contribution is 2.01. The molecule has 1 aromatic carbocycles. The molecular formula is C26H42O6. The van der Waals surface area contributed by atoms with Crippen molar-refractivity contribution in [1.29, 1.82) is 0 Å². The highest BCUT2D eigenvalue weighted by molar-refractivity contribution is 5.85. The Morgan fingerprint density at radius 2 is 1.25 bits per heavy atom. The summed E-state index contributed by atoms with van der Waals surface area (Å²) in [5.74, 6) is -1.87. The molecule has 0 fully saturated rings.